The van der Waals surface area contributed by atoms with Gasteiger partial charge in [-0.05, 0) is 24.3 Å². The molecule has 21 heavy (non-hydrogen) atoms. The van der Waals surface area contributed by atoms with Crippen LogP contribution in [0.25, 0.3) is 0 Å². The molecule has 1 saturated carbocycles. The van der Waals surface area contributed by atoms with Gasteiger partial charge < -0.3 is 15.2 Å². The van der Waals surface area contributed by atoms with Crippen molar-refractivity contribution < 1.29 is 24.2 Å². The molecule has 1 aliphatic rings. The Kier molecular flexibility index (Phi) is 4.62. The van der Waals surface area contributed by atoms with Gasteiger partial charge in [0.15, 0.2) is 0 Å². The normalized spacial score (nSPS) is 16.4. The number of amides is 1. The molecule has 0 bridgehead atoms. The largest absolute Gasteiger partial charge is 0.481 e. The molecule has 0 atom stereocenters. The molecule has 6 nitrogen and oxygen atoms in total. The van der Waals surface area contributed by atoms with Crippen LogP contribution >= 0.6 is 11.3 Å². The Morgan fingerprint density at radius 2 is 2.05 bits per heavy atom. The number of esters is 1. The molecule has 1 aliphatic carbocycles. The van der Waals surface area contributed by atoms with E-state index in [1.807, 2.05) is 0 Å². The number of methoxy groups -OCH3 is 1. The van der Waals surface area contributed by atoms with E-state index < -0.39 is 17.4 Å². The van der Waals surface area contributed by atoms with E-state index in [-0.39, 0.29) is 12.3 Å². The third-order valence-electron chi connectivity index (χ3n) is 3.82. The van der Waals surface area contributed by atoms with E-state index in [0.29, 0.717) is 23.4 Å². The first-order valence-corrected chi connectivity index (χ1v) is 7.55. The van der Waals surface area contributed by atoms with Gasteiger partial charge in [0.05, 0.1) is 18.2 Å². The molecule has 0 aromatic carbocycles. The molecule has 1 aromatic heterocycles. The zero-order chi connectivity index (χ0) is 15.5. The maximum Gasteiger partial charge on any atom is 0.350 e. The lowest BCUT2D eigenvalue weighted by molar-refractivity contribution is -0.150. The Morgan fingerprint density at radius 3 is 2.62 bits per heavy atom. The van der Waals surface area contributed by atoms with Gasteiger partial charge >= 0.3 is 11.9 Å². The Balaban J connectivity index is 2.07. The molecule has 0 radical (unpaired) electrons. The van der Waals surface area contributed by atoms with Gasteiger partial charge in [0.2, 0.25) is 5.91 Å². The van der Waals surface area contributed by atoms with Gasteiger partial charge in [0, 0.05) is 6.42 Å². The van der Waals surface area contributed by atoms with Gasteiger partial charge in [0.1, 0.15) is 4.88 Å². The van der Waals surface area contributed by atoms with Crippen LogP contribution in [0.1, 0.15) is 41.8 Å². The molecule has 114 valence electrons. The van der Waals surface area contributed by atoms with Crippen molar-refractivity contribution in [2.24, 2.45) is 5.41 Å². The lowest BCUT2D eigenvalue weighted by atomic mass is 9.82. The van der Waals surface area contributed by atoms with Gasteiger partial charge in [-0.3, -0.25) is 9.59 Å². The molecule has 0 aliphatic heterocycles. The summed E-state index contributed by atoms with van der Waals surface area (Å²) in [6.07, 6.45) is 2.61. The zero-order valence-corrected chi connectivity index (χ0v) is 12.5. The summed E-state index contributed by atoms with van der Waals surface area (Å²) in [6, 6.07) is 1.61. The van der Waals surface area contributed by atoms with Crippen LogP contribution in [0.2, 0.25) is 0 Å². The highest BCUT2D eigenvalue weighted by Gasteiger charge is 2.43. The fraction of sp³-hybridized carbons (Fsp3) is 0.500. The van der Waals surface area contributed by atoms with E-state index in [2.05, 4.69) is 10.1 Å². The van der Waals surface area contributed by atoms with Crippen molar-refractivity contribution in [2.75, 3.05) is 12.4 Å². The first kappa shape index (κ1) is 15.5. The average molecular weight is 311 g/mol. The highest BCUT2D eigenvalue weighted by atomic mass is 32.1. The van der Waals surface area contributed by atoms with Crippen LogP contribution in [0.15, 0.2) is 11.4 Å². The number of carbonyl (C=O) groups is 3. The number of carbonyl (C=O) groups excluding carboxylic acids is 2. The molecule has 1 amide bonds. The third kappa shape index (κ3) is 3.24. The number of rotatable bonds is 5. The van der Waals surface area contributed by atoms with E-state index in [0.717, 1.165) is 12.8 Å². The molecule has 0 saturated heterocycles. The summed E-state index contributed by atoms with van der Waals surface area (Å²) in [4.78, 5) is 35.4. The first-order valence-electron chi connectivity index (χ1n) is 6.67. The van der Waals surface area contributed by atoms with Gasteiger partial charge in [-0.2, -0.15) is 0 Å². The van der Waals surface area contributed by atoms with Crippen LogP contribution in [-0.2, 0) is 14.3 Å². The van der Waals surface area contributed by atoms with Gasteiger partial charge in [-0.1, -0.05) is 12.8 Å². The molecule has 1 heterocycles. The number of hydrogen-bond acceptors (Lipinski definition) is 5. The van der Waals surface area contributed by atoms with Crippen molar-refractivity contribution in [3.05, 3.63) is 16.3 Å². The molecule has 1 fully saturated rings. The van der Waals surface area contributed by atoms with E-state index in [1.54, 1.807) is 11.4 Å². The SMILES string of the molecule is COC(=O)c1sccc1NC(=O)CC1(C(=O)O)CCCC1. The van der Waals surface area contributed by atoms with E-state index >= 15 is 0 Å². The lowest BCUT2D eigenvalue weighted by Gasteiger charge is -2.22. The number of ether oxygens (including phenoxy) is 1. The summed E-state index contributed by atoms with van der Waals surface area (Å²) in [5, 5.41) is 13.7. The minimum Gasteiger partial charge on any atom is -0.481 e. The lowest BCUT2D eigenvalue weighted by Crippen LogP contribution is -2.32. The fourth-order valence-electron chi connectivity index (χ4n) is 2.68. The summed E-state index contributed by atoms with van der Waals surface area (Å²) < 4.78 is 4.63. The molecular weight excluding hydrogens is 294 g/mol. The van der Waals surface area contributed by atoms with E-state index in [4.69, 9.17) is 0 Å². The Labute approximate surface area is 126 Å². The molecule has 7 heteroatoms. The predicted octanol–water partition coefficient (Wildman–Crippen LogP) is 2.51. The summed E-state index contributed by atoms with van der Waals surface area (Å²) in [5.74, 6) is -1.83. The second-order valence-electron chi connectivity index (χ2n) is 5.17. The van der Waals surface area contributed by atoms with Crippen molar-refractivity contribution >= 4 is 34.9 Å². The summed E-state index contributed by atoms with van der Waals surface area (Å²) in [7, 11) is 1.27. The maximum atomic E-state index is 12.1. The number of carboxylic acids is 1. The summed E-state index contributed by atoms with van der Waals surface area (Å²) >= 11 is 1.17. The monoisotopic (exact) mass is 311 g/mol. The molecule has 1 aromatic rings. The van der Waals surface area contributed by atoms with Crippen molar-refractivity contribution in [3.8, 4) is 0 Å². The second-order valence-corrected chi connectivity index (χ2v) is 6.09. The molecule has 2 N–H and O–H groups in total. The van der Waals surface area contributed by atoms with Crippen molar-refractivity contribution in [1.82, 2.24) is 0 Å². The Hall–Kier alpha value is -1.89. The van der Waals surface area contributed by atoms with Crippen LogP contribution in [0, 0.1) is 5.41 Å². The second kappa shape index (κ2) is 6.26. The standard InChI is InChI=1S/C14H17NO5S/c1-20-12(17)11-9(4-7-21-11)15-10(16)8-14(13(18)19)5-2-3-6-14/h4,7H,2-3,5-6,8H2,1H3,(H,15,16)(H,18,19). The summed E-state index contributed by atoms with van der Waals surface area (Å²) in [5.41, 5.74) is -0.596. The van der Waals surface area contributed by atoms with Crippen LogP contribution < -0.4 is 5.32 Å². The van der Waals surface area contributed by atoms with Crippen LogP contribution in [0.4, 0.5) is 5.69 Å². The van der Waals surface area contributed by atoms with E-state index in [1.165, 1.54) is 18.4 Å². The third-order valence-corrected chi connectivity index (χ3v) is 4.72. The number of anilines is 1. The number of aliphatic carboxylic acids is 1. The number of nitrogens with one attached hydrogen (secondary N) is 1. The highest BCUT2D eigenvalue weighted by molar-refractivity contribution is 7.12. The molecule has 0 unspecified atom stereocenters. The fourth-order valence-corrected chi connectivity index (χ4v) is 3.44. The minimum absolute atomic E-state index is 0.0706. The highest BCUT2D eigenvalue weighted by Crippen LogP contribution is 2.41. The van der Waals surface area contributed by atoms with Gasteiger partial charge in [-0.15, -0.1) is 11.3 Å². The smallest absolute Gasteiger partial charge is 0.350 e. The zero-order valence-electron chi connectivity index (χ0n) is 11.7. The summed E-state index contributed by atoms with van der Waals surface area (Å²) in [6.45, 7) is 0. The van der Waals surface area contributed by atoms with Crippen LogP contribution in [0.3, 0.4) is 0 Å². The molecule has 0 spiro atoms. The Morgan fingerprint density at radius 1 is 1.38 bits per heavy atom. The average Bonchev–Trinajstić information content (AvgIpc) is 3.08. The van der Waals surface area contributed by atoms with Crippen molar-refractivity contribution in [1.29, 1.82) is 0 Å². The topological polar surface area (TPSA) is 92.7 Å². The maximum absolute atomic E-state index is 12.1. The van der Waals surface area contributed by atoms with Crippen LogP contribution in [-0.4, -0.2) is 30.1 Å². The quantitative estimate of drug-likeness (QED) is 0.815. The number of thiophene rings is 1. The molecule has 2 rings (SSSR count). The van der Waals surface area contributed by atoms with Gasteiger partial charge in [0.25, 0.3) is 0 Å². The van der Waals surface area contributed by atoms with E-state index in [9.17, 15) is 19.5 Å². The molecular formula is C14H17NO5S. The Bertz CT molecular complexity index is 559. The first-order chi connectivity index (χ1) is 9.98. The number of hydrogen-bond donors (Lipinski definition) is 2. The van der Waals surface area contributed by atoms with Crippen LogP contribution in [0.5, 0.6) is 0 Å². The van der Waals surface area contributed by atoms with Crippen molar-refractivity contribution in [2.45, 2.75) is 32.1 Å². The number of carboxylic acid groups (broad SMARTS) is 1. The minimum atomic E-state index is -0.967. The van der Waals surface area contributed by atoms with Crippen molar-refractivity contribution in [3.63, 3.8) is 0 Å². The predicted molar refractivity (Wildman–Crippen MR) is 77.4 cm³/mol. The van der Waals surface area contributed by atoms with Gasteiger partial charge in [-0.25, -0.2) is 4.79 Å².